The third-order valence-corrected chi connectivity index (χ3v) is 6.30. The maximum atomic E-state index is 4.36. The van der Waals surface area contributed by atoms with E-state index in [0.717, 1.165) is 12.8 Å². The van der Waals surface area contributed by atoms with Gasteiger partial charge < -0.3 is 0 Å². The summed E-state index contributed by atoms with van der Waals surface area (Å²) in [6.45, 7) is 0. The molecule has 0 fully saturated rings. The molecule has 0 aliphatic heterocycles. The Bertz CT molecular complexity index is 1010. The van der Waals surface area contributed by atoms with Crippen molar-refractivity contribution in [2.45, 2.75) is 18.3 Å². The molecule has 0 N–H and O–H groups in total. The number of aromatic nitrogens is 2. The van der Waals surface area contributed by atoms with Gasteiger partial charge in [0.15, 0.2) is 0 Å². The first kappa shape index (κ1) is 20.5. The van der Waals surface area contributed by atoms with Gasteiger partial charge in [-0.3, -0.25) is 9.97 Å². The van der Waals surface area contributed by atoms with Crippen LogP contribution in [0.2, 0.25) is 0 Å². The van der Waals surface area contributed by atoms with Gasteiger partial charge in [0.1, 0.15) is 0 Å². The molecule has 3 heterocycles. The van der Waals surface area contributed by atoms with Gasteiger partial charge in [0.2, 0.25) is 0 Å². The summed E-state index contributed by atoms with van der Waals surface area (Å²) in [5.41, 5.74) is 6.80. The summed E-state index contributed by atoms with van der Waals surface area (Å²) < 4.78 is 0. The van der Waals surface area contributed by atoms with E-state index in [2.05, 4.69) is 63.9 Å². The quantitative estimate of drug-likeness (QED) is 0.391. The summed E-state index contributed by atoms with van der Waals surface area (Å²) in [4.78, 5) is 9.97. The van der Waals surface area contributed by atoms with Crippen LogP contribution in [-0.2, 0) is 18.3 Å². The van der Waals surface area contributed by atoms with Gasteiger partial charge in [-0.25, -0.2) is 0 Å². The normalized spacial score (nSPS) is 16.4. The lowest BCUT2D eigenvalue weighted by Crippen LogP contribution is -2.31. The van der Waals surface area contributed by atoms with Crippen molar-refractivity contribution in [2.75, 3.05) is 0 Å². The largest absolute Gasteiger partial charge is 0.265 e. The van der Waals surface area contributed by atoms with E-state index in [1.165, 1.54) is 32.7 Å². The second-order valence-corrected chi connectivity index (χ2v) is 7.78. The Labute approximate surface area is 181 Å². The van der Waals surface area contributed by atoms with Gasteiger partial charge in [-0.05, 0) is 70.3 Å². The van der Waals surface area contributed by atoms with Gasteiger partial charge in [0.05, 0.1) is 0 Å². The monoisotopic (exact) mass is 426 g/mol. The number of hydrogen-bond acceptors (Lipinski definition) is 3. The topological polar surface area (TPSA) is 25.8 Å². The van der Waals surface area contributed by atoms with Crippen molar-refractivity contribution in [2.24, 2.45) is 0 Å². The average molecular weight is 427 g/mol. The van der Waals surface area contributed by atoms with Crippen LogP contribution in [-0.4, -0.2) is 9.97 Å². The number of hydrogen-bond donors (Lipinski definition) is 0. The second-order valence-electron chi connectivity index (χ2n) is 6.86. The van der Waals surface area contributed by atoms with Crippen LogP contribution >= 0.6 is 36.2 Å². The lowest BCUT2D eigenvalue weighted by atomic mass is 9.70. The SMILES string of the molecule is Cl.Cl.c1cncc(CC2(Cc3ccncc3)c3ccccc3-c3sccc32)c1. The minimum Gasteiger partial charge on any atom is -0.265 e. The Morgan fingerprint density at radius 3 is 2.29 bits per heavy atom. The Kier molecular flexibility index (Phi) is 6.19. The number of rotatable bonds is 4. The summed E-state index contributed by atoms with van der Waals surface area (Å²) in [5.74, 6) is 0. The van der Waals surface area contributed by atoms with Gasteiger partial charge in [-0.2, -0.15) is 0 Å². The Morgan fingerprint density at radius 2 is 1.50 bits per heavy atom. The van der Waals surface area contributed by atoms with Gasteiger partial charge in [0, 0.05) is 35.1 Å². The molecule has 0 bridgehead atoms. The van der Waals surface area contributed by atoms with Gasteiger partial charge in [-0.15, -0.1) is 36.2 Å². The molecule has 142 valence electrons. The third kappa shape index (κ3) is 3.35. The standard InChI is InChI=1S/C23H18N2S.2ClH/c1-2-6-20-19(5-1)22-21(9-13-26-22)23(20,14-17-7-11-24-12-8-17)15-18-4-3-10-25-16-18;;/h1-13,16H,14-15H2;2*1H. The molecule has 4 aromatic rings. The minimum absolute atomic E-state index is 0. The summed E-state index contributed by atoms with van der Waals surface area (Å²) in [6.07, 6.45) is 9.54. The highest BCUT2D eigenvalue weighted by molar-refractivity contribution is 7.14. The maximum Gasteiger partial charge on any atom is 0.0387 e. The van der Waals surface area contributed by atoms with E-state index in [1.54, 1.807) is 0 Å². The lowest BCUT2D eigenvalue weighted by molar-refractivity contribution is 0.520. The highest BCUT2D eigenvalue weighted by Crippen LogP contribution is 2.54. The molecule has 1 unspecified atom stereocenters. The molecule has 2 nitrogen and oxygen atoms in total. The number of fused-ring (bicyclic) bond motifs is 3. The molecule has 5 rings (SSSR count). The number of halogens is 2. The zero-order valence-corrected chi connectivity index (χ0v) is 17.6. The fraction of sp³-hybridized carbons (Fsp3) is 0.130. The van der Waals surface area contributed by atoms with E-state index in [4.69, 9.17) is 0 Å². The van der Waals surface area contributed by atoms with Crippen LogP contribution in [0, 0.1) is 0 Å². The third-order valence-electron chi connectivity index (χ3n) is 5.35. The van der Waals surface area contributed by atoms with Crippen LogP contribution in [0.3, 0.4) is 0 Å². The van der Waals surface area contributed by atoms with Crippen LogP contribution in [0.4, 0.5) is 0 Å². The fourth-order valence-electron chi connectivity index (χ4n) is 4.28. The number of benzene rings is 1. The molecule has 1 aliphatic carbocycles. The van der Waals surface area contributed by atoms with Crippen molar-refractivity contribution in [3.63, 3.8) is 0 Å². The predicted molar refractivity (Wildman–Crippen MR) is 121 cm³/mol. The predicted octanol–water partition coefficient (Wildman–Crippen LogP) is 6.13. The summed E-state index contributed by atoms with van der Waals surface area (Å²) in [6, 6.07) is 19.7. The number of nitrogens with zero attached hydrogens (tertiary/aromatic N) is 2. The summed E-state index contributed by atoms with van der Waals surface area (Å²) in [7, 11) is 0. The van der Waals surface area contributed by atoms with E-state index in [1.807, 2.05) is 42.2 Å². The highest BCUT2D eigenvalue weighted by Gasteiger charge is 2.43. The van der Waals surface area contributed by atoms with Gasteiger partial charge >= 0.3 is 0 Å². The maximum absolute atomic E-state index is 4.36. The van der Waals surface area contributed by atoms with Crippen LogP contribution in [0.15, 0.2) is 84.8 Å². The molecule has 3 aromatic heterocycles. The molecule has 0 amide bonds. The molecule has 1 aromatic carbocycles. The van der Waals surface area contributed by atoms with Crippen LogP contribution in [0.5, 0.6) is 0 Å². The first-order chi connectivity index (χ1) is 12.9. The van der Waals surface area contributed by atoms with Crippen molar-refractivity contribution >= 4 is 36.2 Å². The molecule has 5 heteroatoms. The van der Waals surface area contributed by atoms with Crippen LogP contribution in [0.1, 0.15) is 22.3 Å². The molecule has 28 heavy (non-hydrogen) atoms. The van der Waals surface area contributed by atoms with E-state index in [-0.39, 0.29) is 30.2 Å². The number of pyridine rings is 2. The highest BCUT2D eigenvalue weighted by atomic mass is 35.5. The summed E-state index contributed by atoms with van der Waals surface area (Å²) >= 11 is 1.85. The van der Waals surface area contributed by atoms with Crippen molar-refractivity contribution in [1.29, 1.82) is 0 Å². The molecule has 0 saturated heterocycles. The van der Waals surface area contributed by atoms with Gasteiger partial charge in [0.25, 0.3) is 0 Å². The molecule has 0 saturated carbocycles. The van der Waals surface area contributed by atoms with Crippen molar-refractivity contribution in [3.8, 4) is 10.4 Å². The van der Waals surface area contributed by atoms with Crippen LogP contribution in [0.25, 0.3) is 10.4 Å². The molecule has 1 atom stereocenters. The molecular weight excluding hydrogens is 407 g/mol. The zero-order valence-electron chi connectivity index (χ0n) is 15.1. The number of thiophene rings is 1. The summed E-state index contributed by atoms with van der Waals surface area (Å²) in [5, 5.41) is 2.23. The van der Waals surface area contributed by atoms with E-state index < -0.39 is 0 Å². The molecule has 1 aliphatic rings. The lowest BCUT2D eigenvalue weighted by Gasteiger charge is -2.32. The minimum atomic E-state index is -0.0592. The second kappa shape index (κ2) is 8.44. The molecule has 0 spiro atoms. The van der Waals surface area contributed by atoms with E-state index in [0.29, 0.717) is 0 Å². The van der Waals surface area contributed by atoms with Gasteiger partial charge in [-0.1, -0.05) is 30.3 Å². The average Bonchev–Trinajstić information content (AvgIpc) is 3.27. The van der Waals surface area contributed by atoms with E-state index >= 15 is 0 Å². The fourth-order valence-corrected chi connectivity index (χ4v) is 5.32. The Hall–Kier alpha value is -2.20. The zero-order chi connectivity index (χ0) is 17.4. The Balaban J connectivity index is 0.00000112. The Morgan fingerprint density at radius 1 is 0.714 bits per heavy atom. The van der Waals surface area contributed by atoms with Crippen molar-refractivity contribution < 1.29 is 0 Å². The first-order valence-corrected chi connectivity index (χ1v) is 9.70. The van der Waals surface area contributed by atoms with E-state index in [9.17, 15) is 0 Å². The van der Waals surface area contributed by atoms with Crippen molar-refractivity contribution in [3.05, 3.63) is 107 Å². The smallest absolute Gasteiger partial charge is 0.0387 e. The van der Waals surface area contributed by atoms with Crippen molar-refractivity contribution in [1.82, 2.24) is 9.97 Å². The molecule has 0 radical (unpaired) electrons. The molecular formula is C23H20Cl2N2S. The van der Waals surface area contributed by atoms with Crippen LogP contribution < -0.4 is 0 Å². The first-order valence-electron chi connectivity index (χ1n) is 8.82.